The summed E-state index contributed by atoms with van der Waals surface area (Å²) in [5.74, 6) is 1.70. The summed E-state index contributed by atoms with van der Waals surface area (Å²) in [6, 6.07) is 14.3. The first-order valence-corrected chi connectivity index (χ1v) is 9.88. The van der Waals surface area contributed by atoms with Crippen LogP contribution >= 0.6 is 0 Å². The average molecular weight is 404 g/mol. The number of anilines is 1. The molecule has 7 heteroatoms. The first-order chi connectivity index (χ1) is 14.6. The molecule has 30 heavy (non-hydrogen) atoms. The lowest BCUT2D eigenvalue weighted by Gasteiger charge is -2.15. The average Bonchev–Trinajstić information content (AvgIpc) is 3.33. The third kappa shape index (κ3) is 3.71. The molecule has 0 amide bonds. The van der Waals surface area contributed by atoms with Crippen molar-refractivity contribution in [2.24, 2.45) is 4.99 Å². The van der Waals surface area contributed by atoms with Gasteiger partial charge < -0.3 is 14.7 Å². The Balaban J connectivity index is 1.76. The van der Waals surface area contributed by atoms with Gasteiger partial charge in [0.2, 0.25) is 5.70 Å². The molecule has 0 radical (unpaired) electrons. The van der Waals surface area contributed by atoms with Crippen molar-refractivity contribution in [1.82, 2.24) is 9.78 Å². The Morgan fingerprint density at radius 3 is 2.73 bits per heavy atom. The van der Waals surface area contributed by atoms with Crippen molar-refractivity contribution in [3.63, 3.8) is 0 Å². The number of benzene rings is 1. The van der Waals surface area contributed by atoms with Crippen LogP contribution in [0.4, 0.5) is 11.5 Å². The van der Waals surface area contributed by atoms with Gasteiger partial charge >= 0.3 is 0 Å². The van der Waals surface area contributed by atoms with E-state index in [-0.39, 0.29) is 6.61 Å². The quantitative estimate of drug-likeness (QED) is 0.485. The van der Waals surface area contributed by atoms with Crippen LogP contribution < -0.4 is 14.2 Å². The van der Waals surface area contributed by atoms with Gasteiger partial charge in [0, 0.05) is 38.0 Å². The highest BCUT2D eigenvalue weighted by Gasteiger charge is 2.30. The molecule has 0 bridgehead atoms. The summed E-state index contributed by atoms with van der Waals surface area (Å²) in [4.78, 5) is 6.74. The minimum Gasteiger partial charge on any atom is -0.497 e. The van der Waals surface area contributed by atoms with Crippen LogP contribution in [0.2, 0.25) is 0 Å². The Bertz CT molecular complexity index is 1100. The second-order valence-electron chi connectivity index (χ2n) is 7.29. The summed E-state index contributed by atoms with van der Waals surface area (Å²) < 4.78 is 9.29. The fourth-order valence-electron chi connectivity index (χ4n) is 3.78. The molecule has 0 saturated heterocycles. The largest absolute Gasteiger partial charge is 0.497 e. The van der Waals surface area contributed by atoms with E-state index in [9.17, 15) is 5.11 Å². The molecule has 1 N–H and O–H groups in total. The number of rotatable bonds is 7. The van der Waals surface area contributed by atoms with Crippen LogP contribution in [0.15, 0.2) is 65.4 Å². The van der Waals surface area contributed by atoms with Crippen molar-refractivity contribution >= 4 is 23.4 Å². The lowest BCUT2D eigenvalue weighted by molar-refractivity contribution is -0.582. The highest BCUT2D eigenvalue weighted by Crippen LogP contribution is 2.29. The molecular formula is C23H26N5O2+. The number of aliphatic hydroxyl groups is 1. The Morgan fingerprint density at radius 1 is 1.23 bits per heavy atom. The number of nitrogens with zero attached hydrogens (tertiary/aromatic N) is 5. The van der Waals surface area contributed by atoms with Crippen LogP contribution in [0.25, 0.3) is 5.70 Å². The third-order valence-corrected chi connectivity index (χ3v) is 5.11. The van der Waals surface area contributed by atoms with Crippen molar-refractivity contribution in [3.05, 3.63) is 71.7 Å². The number of hydrogen-bond donors (Lipinski definition) is 1. The molecule has 3 heterocycles. The summed E-state index contributed by atoms with van der Waals surface area (Å²) in [5, 5.41) is 13.7. The normalized spacial score (nSPS) is 13.2. The van der Waals surface area contributed by atoms with Gasteiger partial charge in [-0.2, -0.15) is 9.67 Å². The number of fused-ring (bicyclic) bond motifs is 1. The van der Waals surface area contributed by atoms with Crippen LogP contribution in [0.1, 0.15) is 11.3 Å². The van der Waals surface area contributed by atoms with Crippen LogP contribution in [0, 0.1) is 0 Å². The van der Waals surface area contributed by atoms with Crippen LogP contribution in [0.5, 0.6) is 5.75 Å². The molecular weight excluding hydrogens is 378 g/mol. The summed E-state index contributed by atoms with van der Waals surface area (Å²) >= 11 is 0. The second-order valence-corrected chi connectivity index (χ2v) is 7.29. The zero-order valence-electron chi connectivity index (χ0n) is 17.5. The van der Waals surface area contributed by atoms with E-state index in [1.807, 2.05) is 43.4 Å². The van der Waals surface area contributed by atoms with Crippen LogP contribution in [-0.2, 0) is 13.0 Å². The first-order valence-electron chi connectivity index (χ1n) is 9.88. The van der Waals surface area contributed by atoms with Gasteiger partial charge in [-0.25, -0.2) is 4.68 Å². The SMILES string of the molecule is COc1ccc(C2=C(C=Nc3cnn(CCO)c3N(C)C)Cc3cccc[n+]32)cc1. The van der Waals surface area contributed by atoms with Crippen molar-refractivity contribution in [3.8, 4) is 5.75 Å². The Labute approximate surface area is 176 Å². The molecule has 7 nitrogen and oxygen atoms in total. The number of allylic oxidation sites excluding steroid dienone is 1. The highest BCUT2D eigenvalue weighted by molar-refractivity contribution is 5.92. The predicted octanol–water partition coefficient (Wildman–Crippen LogP) is 2.46. The lowest BCUT2D eigenvalue weighted by Crippen LogP contribution is -2.33. The van der Waals surface area contributed by atoms with Crippen molar-refractivity contribution in [2.75, 3.05) is 32.7 Å². The van der Waals surface area contributed by atoms with Crippen LogP contribution in [-0.4, -0.2) is 48.9 Å². The van der Waals surface area contributed by atoms with E-state index in [1.165, 1.54) is 5.69 Å². The Kier molecular flexibility index (Phi) is 5.63. The molecule has 2 aromatic heterocycles. The van der Waals surface area contributed by atoms with Gasteiger partial charge in [-0.3, -0.25) is 4.99 Å². The number of aliphatic hydroxyl groups excluding tert-OH is 1. The summed E-state index contributed by atoms with van der Waals surface area (Å²) in [5.41, 5.74) is 5.35. The number of ether oxygens (including phenoxy) is 1. The van der Waals surface area contributed by atoms with E-state index >= 15 is 0 Å². The lowest BCUT2D eigenvalue weighted by atomic mass is 10.1. The van der Waals surface area contributed by atoms with E-state index in [0.717, 1.165) is 40.5 Å². The number of pyridine rings is 1. The second kappa shape index (κ2) is 8.51. The maximum atomic E-state index is 9.30. The first kappa shape index (κ1) is 19.8. The minimum absolute atomic E-state index is 0.0321. The van der Waals surface area contributed by atoms with E-state index in [1.54, 1.807) is 18.0 Å². The van der Waals surface area contributed by atoms with E-state index in [4.69, 9.17) is 9.73 Å². The monoisotopic (exact) mass is 404 g/mol. The van der Waals surface area contributed by atoms with Gasteiger partial charge in [0.1, 0.15) is 11.4 Å². The molecule has 1 aliphatic heterocycles. The molecule has 0 saturated carbocycles. The number of aromatic nitrogens is 3. The smallest absolute Gasteiger partial charge is 0.223 e. The van der Waals surface area contributed by atoms with Crippen LogP contribution in [0.3, 0.4) is 0 Å². The van der Waals surface area contributed by atoms with Gasteiger partial charge in [-0.1, -0.05) is 6.07 Å². The van der Waals surface area contributed by atoms with Crippen molar-refractivity contribution in [1.29, 1.82) is 0 Å². The minimum atomic E-state index is 0.0321. The zero-order chi connectivity index (χ0) is 21.1. The highest BCUT2D eigenvalue weighted by atomic mass is 16.5. The number of aliphatic imine (C=N–C) groups is 1. The molecule has 0 fully saturated rings. The van der Waals surface area contributed by atoms with Crippen molar-refractivity contribution in [2.45, 2.75) is 13.0 Å². The molecule has 0 spiro atoms. The van der Waals surface area contributed by atoms with E-state index in [0.29, 0.717) is 6.54 Å². The fourth-order valence-corrected chi connectivity index (χ4v) is 3.78. The van der Waals surface area contributed by atoms with Gasteiger partial charge in [0.15, 0.2) is 17.7 Å². The van der Waals surface area contributed by atoms with E-state index < -0.39 is 0 Å². The molecule has 1 aliphatic rings. The zero-order valence-corrected chi connectivity index (χ0v) is 17.5. The summed E-state index contributed by atoms with van der Waals surface area (Å²) in [7, 11) is 5.58. The topological polar surface area (TPSA) is 66.8 Å². The summed E-state index contributed by atoms with van der Waals surface area (Å²) in [6.45, 7) is 0.467. The number of hydrogen-bond acceptors (Lipinski definition) is 5. The Hall–Kier alpha value is -3.45. The maximum Gasteiger partial charge on any atom is 0.223 e. The molecule has 0 aliphatic carbocycles. The van der Waals surface area contributed by atoms with Gasteiger partial charge in [-0.05, 0) is 24.3 Å². The predicted molar refractivity (Wildman–Crippen MR) is 117 cm³/mol. The van der Waals surface area contributed by atoms with Gasteiger partial charge in [-0.15, -0.1) is 0 Å². The molecule has 154 valence electrons. The molecule has 0 unspecified atom stereocenters. The van der Waals surface area contributed by atoms with Crippen molar-refractivity contribution < 1.29 is 14.4 Å². The van der Waals surface area contributed by atoms with Gasteiger partial charge in [0.25, 0.3) is 0 Å². The molecule has 4 rings (SSSR count). The maximum absolute atomic E-state index is 9.30. The third-order valence-electron chi connectivity index (χ3n) is 5.11. The molecule has 1 aromatic carbocycles. The fraction of sp³-hybridized carbons (Fsp3) is 0.261. The molecule has 3 aromatic rings. The molecule has 0 atom stereocenters. The Morgan fingerprint density at radius 2 is 2.03 bits per heavy atom. The van der Waals surface area contributed by atoms with Gasteiger partial charge in [0.05, 0.1) is 38.5 Å². The number of methoxy groups -OCH3 is 1. The van der Waals surface area contributed by atoms with E-state index in [2.05, 4.69) is 40.1 Å². The standard InChI is InChI=1S/C23H26N5O2/c1-26(2)23-21(16-25-28(23)12-13-29)24-15-18-14-19-6-4-5-11-27(19)22(18)17-7-9-20(30-3)10-8-17/h4-11,15-16,29H,12-14H2,1-3H3/q+1. The summed E-state index contributed by atoms with van der Waals surface area (Å²) in [6.07, 6.45) is 6.55.